The SMILES string of the molecule is COc1ccc(CC(=O)NCc2cnc([C@H]3CCCCO3)nc2)cc1F. The molecule has 1 amide bonds. The molecule has 1 atom stereocenters. The molecule has 3 rings (SSSR count). The maximum atomic E-state index is 13.7. The largest absolute Gasteiger partial charge is 0.494 e. The van der Waals surface area contributed by atoms with Crippen LogP contribution >= 0.6 is 0 Å². The smallest absolute Gasteiger partial charge is 0.224 e. The molecule has 0 bridgehead atoms. The molecule has 6 nitrogen and oxygen atoms in total. The van der Waals surface area contributed by atoms with Gasteiger partial charge in [-0.25, -0.2) is 14.4 Å². The van der Waals surface area contributed by atoms with Crippen molar-refractivity contribution in [1.29, 1.82) is 0 Å². The second-order valence-electron chi connectivity index (χ2n) is 6.23. The zero-order valence-corrected chi connectivity index (χ0v) is 14.7. The molecule has 0 unspecified atom stereocenters. The topological polar surface area (TPSA) is 73.3 Å². The van der Waals surface area contributed by atoms with Crippen LogP contribution in [-0.2, 0) is 22.5 Å². The molecule has 1 aliphatic rings. The Morgan fingerprint density at radius 1 is 1.31 bits per heavy atom. The molecule has 0 aliphatic carbocycles. The van der Waals surface area contributed by atoms with Crippen LogP contribution in [-0.4, -0.2) is 29.6 Å². The second kappa shape index (κ2) is 8.71. The monoisotopic (exact) mass is 359 g/mol. The van der Waals surface area contributed by atoms with E-state index in [0.29, 0.717) is 17.9 Å². The van der Waals surface area contributed by atoms with Crippen LogP contribution in [0, 0.1) is 5.82 Å². The number of hydrogen-bond acceptors (Lipinski definition) is 5. The molecule has 138 valence electrons. The fourth-order valence-corrected chi connectivity index (χ4v) is 2.84. The summed E-state index contributed by atoms with van der Waals surface area (Å²) in [6.07, 6.45) is 6.61. The highest BCUT2D eigenvalue weighted by atomic mass is 19.1. The van der Waals surface area contributed by atoms with Gasteiger partial charge in [0.25, 0.3) is 0 Å². The van der Waals surface area contributed by atoms with Crippen LogP contribution in [0.2, 0.25) is 0 Å². The zero-order chi connectivity index (χ0) is 18.4. The maximum Gasteiger partial charge on any atom is 0.224 e. The first-order chi connectivity index (χ1) is 12.7. The van der Waals surface area contributed by atoms with Crippen molar-refractivity contribution in [2.45, 2.75) is 38.3 Å². The average Bonchev–Trinajstić information content (AvgIpc) is 2.68. The Kier molecular flexibility index (Phi) is 6.12. The van der Waals surface area contributed by atoms with Gasteiger partial charge < -0.3 is 14.8 Å². The van der Waals surface area contributed by atoms with E-state index >= 15 is 0 Å². The van der Waals surface area contributed by atoms with Gasteiger partial charge in [0.15, 0.2) is 17.4 Å². The molecule has 7 heteroatoms. The Labute approximate surface area is 151 Å². The highest BCUT2D eigenvalue weighted by Crippen LogP contribution is 2.24. The number of halogens is 1. The number of hydrogen-bond donors (Lipinski definition) is 1. The highest BCUT2D eigenvalue weighted by Gasteiger charge is 2.18. The van der Waals surface area contributed by atoms with Crippen molar-refractivity contribution in [2.75, 3.05) is 13.7 Å². The lowest BCUT2D eigenvalue weighted by Crippen LogP contribution is -2.25. The fourth-order valence-electron chi connectivity index (χ4n) is 2.84. The third kappa shape index (κ3) is 4.76. The standard InChI is InChI=1S/C19H22FN3O3/c1-25-16-6-5-13(8-15(16)20)9-18(24)21-10-14-11-22-19(23-12-14)17-4-2-3-7-26-17/h5-6,8,11-12,17H,2-4,7,9-10H2,1H3,(H,21,24)/t17-/m1/s1. The van der Waals surface area contributed by atoms with E-state index in [1.807, 2.05) is 0 Å². The predicted octanol–water partition coefficient (Wildman–Crippen LogP) is 2.72. The molecule has 2 heterocycles. The van der Waals surface area contributed by atoms with Crippen molar-refractivity contribution >= 4 is 5.91 Å². The molecule has 1 aromatic carbocycles. The normalized spacial score (nSPS) is 16.9. The van der Waals surface area contributed by atoms with Crippen molar-refractivity contribution in [3.8, 4) is 5.75 Å². The number of aromatic nitrogens is 2. The van der Waals surface area contributed by atoms with Crippen LogP contribution in [0.1, 0.15) is 42.3 Å². The van der Waals surface area contributed by atoms with E-state index in [1.165, 1.54) is 19.2 Å². The highest BCUT2D eigenvalue weighted by molar-refractivity contribution is 5.78. The summed E-state index contributed by atoms with van der Waals surface area (Å²) in [4.78, 5) is 20.7. The number of methoxy groups -OCH3 is 1. The summed E-state index contributed by atoms with van der Waals surface area (Å²) in [5.74, 6) is 0.169. The molecular formula is C19H22FN3O3. The molecule has 1 saturated heterocycles. The molecule has 0 saturated carbocycles. The number of rotatable bonds is 6. The first-order valence-corrected chi connectivity index (χ1v) is 8.67. The van der Waals surface area contributed by atoms with E-state index in [4.69, 9.17) is 9.47 Å². The number of carbonyl (C=O) groups is 1. The summed E-state index contributed by atoms with van der Waals surface area (Å²) in [5, 5.41) is 2.79. The number of amides is 1. The molecule has 1 aliphatic heterocycles. The van der Waals surface area contributed by atoms with E-state index in [1.54, 1.807) is 18.5 Å². The number of benzene rings is 1. The van der Waals surface area contributed by atoms with E-state index in [9.17, 15) is 9.18 Å². The van der Waals surface area contributed by atoms with E-state index in [2.05, 4.69) is 15.3 Å². The maximum absolute atomic E-state index is 13.7. The summed E-state index contributed by atoms with van der Waals surface area (Å²) < 4.78 is 24.2. The van der Waals surface area contributed by atoms with Crippen LogP contribution in [0.25, 0.3) is 0 Å². The van der Waals surface area contributed by atoms with Crippen molar-refractivity contribution in [2.24, 2.45) is 0 Å². The minimum absolute atomic E-state index is 0.0302. The summed E-state index contributed by atoms with van der Waals surface area (Å²) >= 11 is 0. The van der Waals surface area contributed by atoms with Crippen LogP contribution in [0.4, 0.5) is 4.39 Å². The van der Waals surface area contributed by atoms with Gasteiger partial charge in [0.2, 0.25) is 5.91 Å². The number of nitrogens with zero attached hydrogens (tertiary/aromatic N) is 2. The second-order valence-corrected chi connectivity index (χ2v) is 6.23. The first kappa shape index (κ1) is 18.3. The Bertz CT molecular complexity index is 746. The lowest BCUT2D eigenvalue weighted by molar-refractivity contribution is -0.120. The van der Waals surface area contributed by atoms with Gasteiger partial charge in [0.1, 0.15) is 6.10 Å². The zero-order valence-electron chi connectivity index (χ0n) is 14.7. The molecule has 0 radical (unpaired) electrons. The number of nitrogens with one attached hydrogen (secondary N) is 1. The van der Waals surface area contributed by atoms with Crippen LogP contribution in [0.15, 0.2) is 30.6 Å². The summed E-state index contributed by atoms with van der Waals surface area (Å²) in [5.41, 5.74) is 1.39. The van der Waals surface area contributed by atoms with Crippen LogP contribution in [0.3, 0.4) is 0 Å². The van der Waals surface area contributed by atoms with Gasteiger partial charge >= 0.3 is 0 Å². The van der Waals surface area contributed by atoms with Crippen molar-refractivity contribution < 1.29 is 18.7 Å². The summed E-state index contributed by atoms with van der Waals surface area (Å²) in [6.45, 7) is 1.07. The van der Waals surface area contributed by atoms with Crippen LogP contribution < -0.4 is 10.1 Å². The summed E-state index contributed by atoms with van der Waals surface area (Å²) in [6, 6.07) is 4.49. The number of carbonyl (C=O) groups excluding carboxylic acids is 1. The minimum atomic E-state index is -0.480. The first-order valence-electron chi connectivity index (χ1n) is 8.67. The molecule has 26 heavy (non-hydrogen) atoms. The molecule has 0 spiro atoms. The van der Waals surface area contributed by atoms with Gasteiger partial charge in [-0.05, 0) is 37.0 Å². The Balaban J connectivity index is 1.50. The Morgan fingerprint density at radius 3 is 2.77 bits per heavy atom. The minimum Gasteiger partial charge on any atom is -0.494 e. The predicted molar refractivity (Wildman–Crippen MR) is 93.1 cm³/mol. The molecule has 2 aromatic rings. The van der Waals surface area contributed by atoms with Crippen LogP contribution in [0.5, 0.6) is 5.75 Å². The molecule has 1 N–H and O–H groups in total. The number of ether oxygens (including phenoxy) is 2. The van der Waals surface area contributed by atoms with Crippen molar-refractivity contribution in [3.05, 3.63) is 53.4 Å². The van der Waals surface area contributed by atoms with Gasteiger partial charge in [-0.2, -0.15) is 0 Å². The third-order valence-electron chi connectivity index (χ3n) is 4.26. The molecule has 1 fully saturated rings. The lowest BCUT2D eigenvalue weighted by atomic mass is 10.1. The summed E-state index contributed by atoms with van der Waals surface area (Å²) in [7, 11) is 1.40. The molecular weight excluding hydrogens is 337 g/mol. The van der Waals surface area contributed by atoms with E-state index in [-0.39, 0.29) is 24.2 Å². The van der Waals surface area contributed by atoms with Gasteiger partial charge in [-0.15, -0.1) is 0 Å². The fraction of sp³-hybridized carbons (Fsp3) is 0.421. The van der Waals surface area contributed by atoms with Gasteiger partial charge in [0, 0.05) is 31.1 Å². The van der Waals surface area contributed by atoms with Gasteiger partial charge in [0.05, 0.1) is 13.5 Å². The van der Waals surface area contributed by atoms with Crippen molar-refractivity contribution in [1.82, 2.24) is 15.3 Å². The Hall–Kier alpha value is -2.54. The van der Waals surface area contributed by atoms with E-state index < -0.39 is 5.82 Å². The Morgan fingerprint density at radius 2 is 2.12 bits per heavy atom. The quantitative estimate of drug-likeness (QED) is 0.858. The van der Waals surface area contributed by atoms with E-state index in [0.717, 1.165) is 31.4 Å². The van der Waals surface area contributed by atoms with Gasteiger partial charge in [-0.3, -0.25) is 4.79 Å². The van der Waals surface area contributed by atoms with Crippen molar-refractivity contribution in [3.63, 3.8) is 0 Å². The average molecular weight is 359 g/mol. The molecule has 1 aromatic heterocycles. The third-order valence-corrected chi connectivity index (χ3v) is 4.26. The lowest BCUT2D eigenvalue weighted by Gasteiger charge is -2.21. The van der Waals surface area contributed by atoms with Gasteiger partial charge in [-0.1, -0.05) is 6.07 Å².